The fourth-order valence-corrected chi connectivity index (χ4v) is 12.9. The van der Waals surface area contributed by atoms with Gasteiger partial charge in [0.25, 0.3) is 0 Å². The quantitative estimate of drug-likeness (QED) is 0.0287. The molecule has 5 heterocycles. The molecule has 5 aromatic rings. The Kier molecular flexibility index (Phi) is 35.9. The van der Waals surface area contributed by atoms with Crippen molar-refractivity contribution in [3.05, 3.63) is 179 Å². The number of nitrogens with zero attached hydrogens (tertiary/aromatic N) is 1. The van der Waals surface area contributed by atoms with Crippen molar-refractivity contribution in [1.29, 1.82) is 4.29 Å². The van der Waals surface area contributed by atoms with Crippen molar-refractivity contribution in [3.63, 3.8) is 0 Å². The molecule has 518 valence electrons. The highest BCUT2D eigenvalue weighted by Crippen LogP contribution is 2.42. The first-order valence-electron chi connectivity index (χ1n) is 34.5. The zero-order valence-corrected chi connectivity index (χ0v) is 55.8. The Bertz CT molecular complexity index is 2480. The molecule has 5 aromatic carbocycles. The molecule has 0 saturated carbocycles. The third-order valence-corrected chi connectivity index (χ3v) is 17.6. The van der Waals surface area contributed by atoms with E-state index in [-0.39, 0.29) is 32.0 Å². The van der Waals surface area contributed by atoms with E-state index in [1.54, 1.807) is 0 Å². The second kappa shape index (κ2) is 45.9. The summed E-state index contributed by atoms with van der Waals surface area (Å²) in [7, 11) is 3.09. The minimum Gasteiger partial charge on any atom is -0.400 e. The van der Waals surface area contributed by atoms with E-state index in [2.05, 4.69) is 54.4 Å². The number of aliphatic hydroxyl groups excluding tert-OH is 7. The lowest BCUT2D eigenvalue weighted by Crippen LogP contribution is -2.33. The first-order chi connectivity index (χ1) is 46.9. The van der Waals surface area contributed by atoms with Crippen molar-refractivity contribution in [2.45, 2.75) is 222 Å². The first kappa shape index (κ1) is 71.9. The summed E-state index contributed by atoms with van der Waals surface area (Å²) in [5.74, 6) is 0. The van der Waals surface area contributed by atoms with Crippen LogP contribution in [0.4, 0.5) is 22.0 Å². The fourth-order valence-electron chi connectivity index (χ4n) is 11.1. The molecule has 5 fully saturated rings. The average Bonchev–Trinajstić information content (AvgIpc) is 1.72. The molecule has 5 aliphatic heterocycles. The smallest absolute Gasteiger partial charge is 0.210 e. The van der Waals surface area contributed by atoms with Crippen LogP contribution >= 0.6 is 8.30 Å². The second-order valence-corrected chi connectivity index (χ2v) is 24.5. The standard InChI is InChI=1S/C19H31FNO2P.C13H17FO2.C13H17FO.C12H15FO3.C12H15FO2.3CH4O/c1-14(2)21(15(3)4)24(5)22-13-17-12-18(20)19(23-17)11-16-9-7-6-8-10-16;1-2-10-13(15)12(14)11(16-10)8-9-6-4-3-5-7-9;1-2-11-9-12(14)13(15-11)8-10-6-4-3-5-7-10;13-11-9(16-10(7-14)12(11)15)6-8-4-2-1-3-5-8;13-11-7-10(8-14)15-12(11)6-9-4-2-1-3-5-9;3*1-2/h6-10,14-15,17-19H,11-13H2,1-5H3;3-7,10-13,15H,2,8H2,1H3;3-7,11-13H,2,8-9H2,1H3;1-5,9-12,14-15H,6-7H2;1-5,10-12,14H,6-8H2;3*2H,1H3/t17-,18-,19-,24?;10-,11+,12-,13?;11-,12+,13+;9-,10+,11+,12?;10-,11-,12-;;;/m01100.../s1/i12D;;9D;;7D;3*2T/t12?,17-,18-,19-,24?;;9?,11-,12+,13+;;7?,10-,11-,12-;;;. The minimum atomic E-state index is -1.43. The summed E-state index contributed by atoms with van der Waals surface area (Å²) in [6, 6.07) is 48.8. The summed E-state index contributed by atoms with van der Waals surface area (Å²) in [6.07, 6.45) is -12.8. The lowest BCUT2D eigenvalue weighted by molar-refractivity contribution is -0.0215. The van der Waals surface area contributed by atoms with Crippen molar-refractivity contribution >= 4 is 8.30 Å². The van der Waals surface area contributed by atoms with Gasteiger partial charge in [-0.3, -0.25) is 4.67 Å². The van der Waals surface area contributed by atoms with Crippen LogP contribution in [-0.4, -0.2) is 209 Å². The second-order valence-electron chi connectivity index (χ2n) is 22.8. The first-order valence-corrected chi connectivity index (χ1v) is 33.2. The number of halogens is 5. The van der Waals surface area contributed by atoms with Gasteiger partial charge in [0.1, 0.15) is 45.1 Å². The summed E-state index contributed by atoms with van der Waals surface area (Å²) < 4.78 is 146. The number of hydrogen-bond acceptors (Lipinski definition) is 14. The number of aliphatic hydroxyl groups is 7. The SMILES string of the molecule is CC[C@H]1O[C@@H](Cc2ccccc2)[C@@H](F)C1O.OC[C@H]1O[C@@H](Cc2ccccc2)[C@@H](F)C1O.[2H]C1[C@@H](CC)O[C@@H](Cc2ccccc2)[C@H]1F.[2H]C1[C@@H](CO)O[C@@H](Cc2ccccc2)[C@H]1F.[2H]C1[C@@H](COP(C)N(C(C)C)C(C)C)O[C@@H](Cc2ccccc2)[C@H]1F.[3H]OC.[3H]OC.[3H]OC. The largest absolute Gasteiger partial charge is 0.400 e. The van der Waals surface area contributed by atoms with E-state index in [0.717, 1.165) is 27.8 Å². The summed E-state index contributed by atoms with van der Waals surface area (Å²) in [6.45, 7) is 14.1. The Hall–Kier alpha value is -4.38. The predicted octanol–water partition coefficient (Wildman–Crippen LogP) is 11.3. The Morgan fingerprint density at radius 2 is 0.761 bits per heavy atom. The van der Waals surface area contributed by atoms with E-state index in [1.165, 1.54) is 21.3 Å². The van der Waals surface area contributed by atoms with E-state index in [1.807, 2.05) is 166 Å². The fraction of sp³-hybridized carbons (Fsp3) is 0.583. The zero-order chi connectivity index (χ0) is 72.9. The molecule has 0 spiro atoms. The highest BCUT2D eigenvalue weighted by Gasteiger charge is 2.45. The van der Waals surface area contributed by atoms with E-state index < -0.39 is 119 Å². The van der Waals surface area contributed by atoms with Gasteiger partial charge in [-0.05, 0) is 75.0 Å². The van der Waals surface area contributed by atoms with Gasteiger partial charge in [0, 0.05) is 88.8 Å². The van der Waals surface area contributed by atoms with Gasteiger partial charge in [0.15, 0.2) is 12.3 Å². The Balaban J connectivity index is 0.000000312. The maximum absolute atomic E-state index is 14.5. The number of alkyl halides is 5. The molecule has 6 unspecified atom stereocenters. The summed E-state index contributed by atoms with van der Waals surface area (Å²) in [5.41, 5.74) is 5.09. The van der Waals surface area contributed by atoms with Gasteiger partial charge in [-0.1, -0.05) is 166 Å². The van der Waals surface area contributed by atoms with Crippen LogP contribution in [0, 0.1) is 0 Å². The normalized spacial score (nSPS) is 32.1. The van der Waals surface area contributed by atoms with Crippen LogP contribution in [0.5, 0.6) is 0 Å². The van der Waals surface area contributed by atoms with Crippen molar-refractivity contribution in [2.24, 2.45) is 0 Å². The lowest BCUT2D eigenvalue weighted by Gasteiger charge is -2.35. The number of benzene rings is 5. The number of hydrogen-bond donors (Lipinski definition) is 7. The van der Waals surface area contributed by atoms with E-state index >= 15 is 0 Å². The van der Waals surface area contributed by atoms with Crippen molar-refractivity contribution in [3.8, 4) is 0 Å². The summed E-state index contributed by atoms with van der Waals surface area (Å²) >= 11 is 0. The van der Waals surface area contributed by atoms with Crippen LogP contribution in [0.1, 0.15) is 106 Å². The molecule has 5 aliphatic rings. The maximum atomic E-state index is 14.5. The van der Waals surface area contributed by atoms with Crippen LogP contribution in [0.2, 0.25) is 0 Å². The zero-order valence-electron chi connectivity index (χ0n) is 61.0. The molecule has 21 atom stereocenters. The molecular formula is C72H107F5NO13P. The lowest BCUT2D eigenvalue weighted by atomic mass is 10.0. The molecule has 0 radical (unpaired) electrons. The van der Waals surface area contributed by atoms with Gasteiger partial charge in [-0.2, -0.15) is 0 Å². The molecule has 0 bridgehead atoms. The van der Waals surface area contributed by atoms with Crippen molar-refractivity contribution in [1.82, 2.24) is 4.67 Å². The monoisotopic (exact) mass is 1330 g/mol. The molecule has 20 heteroatoms. The van der Waals surface area contributed by atoms with Crippen LogP contribution < -0.4 is 0 Å². The minimum absolute atomic E-state index is 0.247. The van der Waals surface area contributed by atoms with E-state index in [4.69, 9.17) is 46.8 Å². The predicted molar refractivity (Wildman–Crippen MR) is 354 cm³/mol. The molecule has 14 nitrogen and oxygen atoms in total. The van der Waals surface area contributed by atoms with Gasteiger partial charge < -0.3 is 64.0 Å². The number of ether oxygens (including phenoxy) is 5. The average molecular weight is 1330 g/mol. The highest BCUT2D eigenvalue weighted by molar-refractivity contribution is 7.49. The van der Waals surface area contributed by atoms with Crippen LogP contribution in [0.3, 0.4) is 0 Å². The van der Waals surface area contributed by atoms with Crippen molar-refractivity contribution < 1.29 is 90.0 Å². The Morgan fingerprint density at radius 3 is 1.03 bits per heavy atom. The molecular weight excluding hydrogens is 1210 g/mol. The maximum Gasteiger partial charge on any atom is 0.210 e. The summed E-state index contributed by atoms with van der Waals surface area (Å²) in [5, 5.41) is 47.4. The van der Waals surface area contributed by atoms with Crippen LogP contribution in [0.25, 0.3) is 0 Å². The van der Waals surface area contributed by atoms with Gasteiger partial charge in [-0.15, -0.1) is 0 Å². The summed E-state index contributed by atoms with van der Waals surface area (Å²) in [4.78, 5) is 0. The van der Waals surface area contributed by atoms with Gasteiger partial charge >= 0.3 is 0 Å². The van der Waals surface area contributed by atoms with Crippen molar-refractivity contribution in [2.75, 3.05) is 47.8 Å². The Labute approximate surface area is 554 Å². The number of rotatable bonds is 20. The van der Waals surface area contributed by atoms with Gasteiger partial charge in [-0.25, -0.2) is 22.0 Å². The van der Waals surface area contributed by atoms with E-state index in [0.29, 0.717) is 57.0 Å². The molecule has 0 aliphatic carbocycles. The molecule has 10 rings (SSSR count). The van der Waals surface area contributed by atoms with Crippen LogP contribution in [-0.2, 0) is 60.3 Å². The topological polar surface area (TPSA) is 200 Å². The van der Waals surface area contributed by atoms with Gasteiger partial charge in [0.05, 0.1) is 74.8 Å². The highest BCUT2D eigenvalue weighted by atomic mass is 31.2. The molecule has 92 heavy (non-hydrogen) atoms. The molecule has 0 aromatic heterocycles. The molecule has 7 N–H and O–H groups in total. The van der Waals surface area contributed by atoms with Crippen LogP contribution in [0.15, 0.2) is 152 Å². The van der Waals surface area contributed by atoms with E-state index in [9.17, 15) is 32.2 Å². The third-order valence-electron chi connectivity index (χ3n) is 15.5. The third kappa shape index (κ3) is 27.8. The Morgan fingerprint density at radius 1 is 0.467 bits per heavy atom. The molecule has 5 saturated heterocycles. The molecule has 0 amide bonds. The van der Waals surface area contributed by atoms with Gasteiger partial charge in [0.2, 0.25) is 4.29 Å².